The summed E-state index contributed by atoms with van der Waals surface area (Å²) in [6.07, 6.45) is 2.11. The Hall–Kier alpha value is -3.52. The average Bonchev–Trinajstić information content (AvgIpc) is 3.18. The number of nitrogens with zero attached hydrogens (tertiary/aromatic N) is 2. The Balaban J connectivity index is 1.40. The molecule has 8 heteroatoms. The molecule has 7 nitrogen and oxygen atoms in total. The van der Waals surface area contributed by atoms with E-state index in [1.165, 1.54) is 0 Å². The van der Waals surface area contributed by atoms with E-state index in [9.17, 15) is 9.59 Å². The molecule has 1 amide bonds. The Kier molecular flexibility index (Phi) is 8.25. The summed E-state index contributed by atoms with van der Waals surface area (Å²) in [6.45, 7) is 9.16. The van der Waals surface area contributed by atoms with E-state index in [2.05, 4.69) is 45.6 Å². The average molecular weight is 549 g/mol. The third-order valence-electron chi connectivity index (χ3n) is 7.62. The normalized spacial score (nSPS) is 20.3. The molecule has 0 saturated heterocycles. The van der Waals surface area contributed by atoms with Crippen molar-refractivity contribution in [3.8, 4) is 23.7 Å². The van der Waals surface area contributed by atoms with Gasteiger partial charge >= 0.3 is 5.97 Å². The molecule has 2 aliphatic rings. The van der Waals surface area contributed by atoms with Gasteiger partial charge in [-0.25, -0.2) is 4.79 Å². The third-order valence-corrected chi connectivity index (χ3v) is 7.94. The molecule has 0 aromatic heterocycles. The van der Waals surface area contributed by atoms with Crippen molar-refractivity contribution in [3.63, 3.8) is 0 Å². The maximum absolute atomic E-state index is 13.5. The molecule has 0 unspecified atom stereocenters. The van der Waals surface area contributed by atoms with Crippen molar-refractivity contribution in [2.24, 2.45) is 10.8 Å². The SMILES string of the molecule is CC1(C)C(Oc2ccc(C#N)c(Cl)c2)C(C)(C)C1N1Cc2cc(C#CCCCCOCC(=O)O)ccc2C1=O. The molecule has 1 fully saturated rings. The van der Waals surface area contributed by atoms with Crippen LogP contribution in [0.2, 0.25) is 5.02 Å². The second-order valence-corrected chi connectivity index (χ2v) is 11.7. The van der Waals surface area contributed by atoms with E-state index < -0.39 is 5.97 Å². The Morgan fingerprint density at radius 3 is 2.56 bits per heavy atom. The molecule has 1 aliphatic heterocycles. The van der Waals surface area contributed by atoms with Gasteiger partial charge < -0.3 is 19.5 Å². The van der Waals surface area contributed by atoms with Crippen LogP contribution in [0.15, 0.2) is 36.4 Å². The highest BCUT2D eigenvalue weighted by Crippen LogP contribution is 2.59. The number of benzene rings is 2. The number of aliphatic carboxylic acids is 1. The van der Waals surface area contributed by atoms with Crippen molar-refractivity contribution in [2.45, 2.75) is 65.6 Å². The number of carbonyl (C=O) groups excluding carboxylic acids is 1. The van der Waals surface area contributed by atoms with Crippen LogP contribution in [0.25, 0.3) is 0 Å². The van der Waals surface area contributed by atoms with Gasteiger partial charge in [-0.3, -0.25) is 4.79 Å². The van der Waals surface area contributed by atoms with Gasteiger partial charge in [0.25, 0.3) is 5.91 Å². The first-order valence-corrected chi connectivity index (χ1v) is 13.4. The number of hydrogen-bond donors (Lipinski definition) is 1. The van der Waals surface area contributed by atoms with Crippen LogP contribution in [-0.2, 0) is 16.1 Å². The Morgan fingerprint density at radius 2 is 1.90 bits per heavy atom. The zero-order valence-corrected chi connectivity index (χ0v) is 23.5. The number of carboxylic acids is 1. The zero-order chi connectivity index (χ0) is 28.4. The third kappa shape index (κ3) is 5.76. The maximum atomic E-state index is 13.5. The van der Waals surface area contributed by atoms with Crippen LogP contribution in [0.3, 0.4) is 0 Å². The smallest absolute Gasteiger partial charge is 0.329 e. The van der Waals surface area contributed by atoms with E-state index >= 15 is 0 Å². The van der Waals surface area contributed by atoms with Crippen molar-refractivity contribution in [1.29, 1.82) is 5.26 Å². The lowest BCUT2D eigenvalue weighted by Crippen LogP contribution is -2.74. The van der Waals surface area contributed by atoms with Gasteiger partial charge in [-0.2, -0.15) is 5.26 Å². The Morgan fingerprint density at radius 1 is 1.15 bits per heavy atom. The van der Waals surface area contributed by atoms with E-state index in [0.29, 0.717) is 41.5 Å². The molecular formula is C31H33ClN2O5. The summed E-state index contributed by atoms with van der Waals surface area (Å²) >= 11 is 6.22. The van der Waals surface area contributed by atoms with Crippen LogP contribution in [0.4, 0.5) is 0 Å². The second-order valence-electron chi connectivity index (χ2n) is 11.3. The highest BCUT2D eigenvalue weighted by Gasteiger charge is 2.66. The molecule has 2 aromatic carbocycles. The van der Waals surface area contributed by atoms with Gasteiger partial charge in [0.1, 0.15) is 24.5 Å². The predicted octanol–water partition coefficient (Wildman–Crippen LogP) is 5.67. The van der Waals surface area contributed by atoms with Crippen molar-refractivity contribution in [2.75, 3.05) is 13.2 Å². The van der Waals surface area contributed by atoms with Crippen molar-refractivity contribution in [3.05, 3.63) is 63.7 Å². The number of rotatable bonds is 9. The highest BCUT2D eigenvalue weighted by molar-refractivity contribution is 6.31. The number of carbonyl (C=O) groups is 2. The molecule has 4 rings (SSSR count). The quantitative estimate of drug-likeness (QED) is 0.320. The summed E-state index contributed by atoms with van der Waals surface area (Å²) in [5.41, 5.74) is 2.32. The molecule has 1 heterocycles. The van der Waals surface area contributed by atoms with E-state index in [4.69, 9.17) is 31.4 Å². The lowest BCUT2D eigenvalue weighted by molar-refractivity contribution is -0.199. The topological polar surface area (TPSA) is 99.9 Å². The first kappa shape index (κ1) is 28.5. The van der Waals surface area contributed by atoms with Gasteiger partial charge in [-0.05, 0) is 48.7 Å². The largest absolute Gasteiger partial charge is 0.489 e. The van der Waals surface area contributed by atoms with E-state index in [1.807, 2.05) is 23.1 Å². The van der Waals surface area contributed by atoms with Crippen molar-refractivity contribution >= 4 is 23.5 Å². The molecule has 0 bridgehead atoms. The molecule has 1 N–H and O–H groups in total. The second kappa shape index (κ2) is 11.3. The first-order valence-electron chi connectivity index (χ1n) is 13.1. The van der Waals surface area contributed by atoms with Gasteiger partial charge in [0.05, 0.1) is 10.6 Å². The molecule has 39 heavy (non-hydrogen) atoms. The minimum Gasteiger partial charge on any atom is -0.489 e. The van der Waals surface area contributed by atoms with Crippen LogP contribution in [0.5, 0.6) is 5.75 Å². The van der Waals surface area contributed by atoms with Gasteiger partial charge in [0.2, 0.25) is 0 Å². The van der Waals surface area contributed by atoms with Crippen LogP contribution in [-0.4, -0.2) is 47.2 Å². The Labute approximate surface area is 234 Å². The lowest BCUT2D eigenvalue weighted by Gasteiger charge is -2.65. The lowest BCUT2D eigenvalue weighted by atomic mass is 9.49. The number of fused-ring (bicyclic) bond motifs is 1. The van der Waals surface area contributed by atoms with E-state index in [-0.39, 0.29) is 35.5 Å². The fourth-order valence-electron chi connectivity index (χ4n) is 6.38. The van der Waals surface area contributed by atoms with E-state index in [1.54, 1.807) is 18.2 Å². The molecule has 204 valence electrons. The van der Waals surface area contributed by atoms with E-state index in [0.717, 1.165) is 24.0 Å². The fourth-order valence-corrected chi connectivity index (χ4v) is 6.59. The van der Waals surface area contributed by atoms with Crippen molar-refractivity contribution < 1.29 is 24.2 Å². The van der Waals surface area contributed by atoms with Crippen LogP contribution < -0.4 is 4.74 Å². The zero-order valence-electron chi connectivity index (χ0n) is 22.7. The first-order chi connectivity index (χ1) is 18.5. The number of halogens is 1. The summed E-state index contributed by atoms with van der Waals surface area (Å²) in [5, 5.41) is 18.1. The number of nitriles is 1. The Bertz CT molecular complexity index is 1370. The minimum absolute atomic E-state index is 0.0249. The van der Waals surface area contributed by atoms with Gasteiger partial charge in [0.15, 0.2) is 0 Å². The summed E-state index contributed by atoms with van der Waals surface area (Å²) < 4.78 is 11.4. The summed E-state index contributed by atoms with van der Waals surface area (Å²) in [7, 11) is 0. The molecule has 0 radical (unpaired) electrons. The van der Waals surface area contributed by atoms with Crippen LogP contribution >= 0.6 is 11.6 Å². The van der Waals surface area contributed by atoms with Crippen molar-refractivity contribution in [1.82, 2.24) is 4.90 Å². The molecule has 2 aromatic rings. The summed E-state index contributed by atoms with van der Waals surface area (Å²) in [4.78, 5) is 25.9. The highest BCUT2D eigenvalue weighted by atomic mass is 35.5. The fraction of sp³-hybridized carbons (Fsp3) is 0.452. The summed E-state index contributed by atoms with van der Waals surface area (Å²) in [5.74, 6) is 6.01. The maximum Gasteiger partial charge on any atom is 0.329 e. The predicted molar refractivity (Wildman–Crippen MR) is 147 cm³/mol. The van der Waals surface area contributed by atoms with Crippen LogP contribution in [0.1, 0.15) is 74.0 Å². The number of hydrogen-bond acceptors (Lipinski definition) is 5. The molecule has 0 atom stereocenters. The van der Waals surface area contributed by atoms with Gasteiger partial charge in [0, 0.05) is 53.6 Å². The van der Waals surface area contributed by atoms with Gasteiger partial charge in [-0.15, -0.1) is 0 Å². The molecule has 1 saturated carbocycles. The number of ether oxygens (including phenoxy) is 2. The standard InChI is InChI=1S/C31H33ClN2O5/c1-30(2)28(31(3,4)29(30)39-23-12-11-21(17-33)25(32)16-23)34-18-22-15-20(10-13-24(22)27(34)37)9-7-5-6-8-14-38-19-26(35)36/h10-13,15-16,28-29H,5-6,8,14,18-19H2,1-4H3,(H,35,36). The monoisotopic (exact) mass is 548 g/mol. The number of amides is 1. The van der Waals surface area contributed by atoms with Crippen LogP contribution in [0, 0.1) is 34.0 Å². The molecule has 1 aliphatic carbocycles. The minimum atomic E-state index is -0.963. The number of carboxylic acid groups (broad SMARTS) is 1. The summed E-state index contributed by atoms with van der Waals surface area (Å²) in [6, 6.07) is 12.9. The molecule has 0 spiro atoms. The number of unbranched alkanes of at least 4 members (excludes halogenated alkanes) is 2. The molecular weight excluding hydrogens is 516 g/mol. The van der Waals surface area contributed by atoms with Gasteiger partial charge in [-0.1, -0.05) is 51.1 Å².